The lowest BCUT2D eigenvalue weighted by atomic mass is 10.1. The summed E-state index contributed by atoms with van der Waals surface area (Å²) < 4.78 is 1.23. The monoisotopic (exact) mass is 323 g/mol. The summed E-state index contributed by atoms with van der Waals surface area (Å²) in [6.45, 7) is 0. The van der Waals surface area contributed by atoms with Crippen molar-refractivity contribution in [3.63, 3.8) is 0 Å². The van der Waals surface area contributed by atoms with Crippen LogP contribution in [0.2, 0.25) is 5.02 Å². The Hall–Kier alpha value is -2.54. The number of aromatic amines is 1. The molecule has 0 spiro atoms. The Morgan fingerprint density at radius 2 is 2.00 bits per heavy atom. The number of aliphatic carboxylic acids is 1. The average Bonchev–Trinajstić information content (AvgIpc) is 2.79. The Balaban J connectivity index is 2.13. The molecule has 1 amide bonds. The van der Waals surface area contributed by atoms with Gasteiger partial charge in [0.05, 0.1) is 0 Å². The van der Waals surface area contributed by atoms with Crippen molar-refractivity contribution >= 4 is 23.5 Å². The van der Waals surface area contributed by atoms with Crippen molar-refractivity contribution in [2.75, 3.05) is 0 Å². The molecule has 0 aliphatic carbocycles. The van der Waals surface area contributed by atoms with Gasteiger partial charge in [-0.25, -0.2) is 4.79 Å². The van der Waals surface area contributed by atoms with Gasteiger partial charge in [0.15, 0.2) is 0 Å². The number of carboxylic acids is 1. The van der Waals surface area contributed by atoms with E-state index in [0.717, 1.165) is 0 Å². The van der Waals surface area contributed by atoms with E-state index in [2.05, 4.69) is 10.4 Å². The van der Waals surface area contributed by atoms with E-state index in [-0.39, 0.29) is 23.1 Å². The van der Waals surface area contributed by atoms with Crippen LogP contribution < -0.4 is 10.9 Å². The smallest absolute Gasteiger partial charge is 0.326 e. The minimum absolute atomic E-state index is 0.106. The highest BCUT2D eigenvalue weighted by atomic mass is 35.5. The number of carbonyl (C=O) groups excluding carboxylic acids is 1. The van der Waals surface area contributed by atoms with Gasteiger partial charge in [-0.15, -0.1) is 0 Å². The zero-order valence-corrected chi connectivity index (χ0v) is 12.4. The van der Waals surface area contributed by atoms with E-state index in [0.29, 0.717) is 5.02 Å². The fourth-order valence-corrected chi connectivity index (χ4v) is 2.05. The Labute approximate surface area is 130 Å². The van der Waals surface area contributed by atoms with Gasteiger partial charge in [0.1, 0.15) is 6.04 Å². The van der Waals surface area contributed by atoms with E-state index in [9.17, 15) is 19.5 Å². The molecule has 2 rings (SSSR count). The summed E-state index contributed by atoms with van der Waals surface area (Å²) in [6.07, 6.45) is 1.32. The number of carboxylic acid groups (broad SMARTS) is 1. The highest BCUT2D eigenvalue weighted by Crippen LogP contribution is 2.10. The molecule has 8 heteroatoms. The van der Waals surface area contributed by atoms with E-state index in [1.165, 1.54) is 42.2 Å². The Bertz CT molecular complexity index is 748. The summed E-state index contributed by atoms with van der Waals surface area (Å²) in [5.41, 5.74) is 0.246. The van der Waals surface area contributed by atoms with Crippen LogP contribution in [0.1, 0.15) is 15.9 Å². The molecule has 0 aliphatic rings. The molecule has 22 heavy (non-hydrogen) atoms. The van der Waals surface area contributed by atoms with Crippen molar-refractivity contribution in [1.29, 1.82) is 0 Å². The van der Waals surface area contributed by atoms with Crippen molar-refractivity contribution in [2.45, 2.75) is 12.5 Å². The molecule has 0 saturated heterocycles. The van der Waals surface area contributed by atoms with Gasteiger partial charge < -0.3 is 15.5 Å². The summed E-state index contributed by atoms with van der Waals surface area (Å²) in [6, 6.07) is 4.85. The van der Waals surface area contributed by atoms with Crippen LogP contribution in [0.25, 0.3) is 0 Å². The predicted molar refractivity (Wildman–Crippen MR) is 80.1 cm³/mol. The minimum Gasteiger partial charge on any atom is -0.480 e. The van der Waals surface area contributed by atoms with Gasteiger partial charge in [0, 0.05) is 35.8 Å². The number of aryl methyl sites for hydroxylation is 1. The SMILES string of the molecule is Cn1[nH]cc(C[C@@H](NC(=O)c2ccc(Cl)cc2)C(=O)O)c1=O. The minimum atomic E-state index is -1.22. The third kappa shape index (κ3) is 3.56. The highest BCUT2D eigenvalue weighted by Gasteiger charge is 2.23. The summed E-state index contributed by atoms with van der Waals surface area (Å²) in [7, 11) is 1.52. The average molecular weight is 324 g/mol. The highest BCUT2D eigenvalue weighted by molar-refractivity contribution is 6.30. The summed E-state index contributed by atoms with van der Waals surface area (Å²) in [5, 5.41) is 14.7. The molecule has 0 bridgehead atoms. The first-order valence-electron chi connectivity index (χ1n) is 6.41. The molecule has 2 aromatic rings. The van der Waals surface area contributed by atoms with Gasteiger partial charge in [-0.2, -0.15) is 0 Å². The molecule has 1 heterocycles. The number of halogens is 1. The lowest BCUT2D eigenvalue weighted by Gasteiger charge is -2.13. The quantitative estimate of drug-likeness (QED) is 0.756. The number of rotatable bonds is 5. The van der Waals surface area contributed by atoms with Crippen LogP contribution in [0.5, 0.6) is 0 Å². The molecule has 0 radical (unpaired) electrons. The van der Waals surface area contributed by atoms with Gasteiger partial charge in [0.2, 0.25) is 0 Å². The number of hydrogen-bond acceptors (Lipinski definition) is 3. The zero-order chi connectivity index (χ0) is 16.3. The van der Waals surface area contributed by atoms with Gasteiger partial charge in [-0.05, 0) is 24.3 Å². The van der Waals surface area contributed by atoms with Crippen molar-refractivity contribution in [3.05, 3.63) is 57.0 Å². The van der Waals surface area contributed by atoms with E-state index in [1.807, 2.05) is 0 Å². The van der Waals surface area contributed by atoms with Gasteiger partial charge in [-0.1, -0.05) is 11.6 Å². The van der Waals surface area contributed by atoms with Crippen LogP contribution in [0.4, 0.5) is 0 Å². The summed E-state index contributed by atoms with van der Waals surface area (Å²) in [5.74, 6) is -1.76. The number of aromatic nitrogens is 2. The van der Waals surface area contributed by atoms with Crippen LogP contribution in [0.15, 0.2) is 35.3 Å². The second-order valence-corrected chi connectivity index (χ2v) is 5.17. The zero-order valence-electron chi connectivity index (χ0n) is 11.7. The molecule has 0 unspecified atom stereocenters. The van der Waals surface area contributed by atoms with Gasteiger partial charge in [-0.3, -0.25) is 14.3 Å². The molecule has 116 valence electrons. The maximum absolute atomic E-state index is 12.0. The van der Waals surface area contributed by atoms with E-state index < -0.39 is 17.9 Å². The van der Waals surface area contributed by atoms with Gasteiger partial charge in [0.25, 0.3) is 11.5 Å². The summed E-state index contributed by atoms with van der Waals surface area (Å²) >= 11 is 5.73. The van der Waals surface area contributed by atoms with Crippen molar-refractivity contribution in [1.82, 2.24) is 15.1 Å². The normalized spacial score (nSPS) is 11.9. The maximum atomic E-state index is 12.0. The number of benzene rings is 1. The Kier molecular flexibility index (Phi) is 4.67. The third-order valence-electron chi connectivity index (χ3n) is 3.15. The van der Waals surface area contributed by atoms with E-state index >= 15 is 0 Å². The first kappa shape index (κ1) is 15.8. The van der Waals surface area contributed by atoms with E-state index in [1.54, 1.807) is 0 Å². The number of nitrogens with zero attached hydrogens (tertiary/aromatic N) is 1. The van der Waals surface area contributed by atoms with Crippen molar-refractivity contribution < 1.29 is 14.7 Å². The second-order valence-electron chi connectivity index (χ2n) is 4.74. The lowest BCUT2D eigenvalue weighted by molar-refractivity contribution is -0.139. The molecule has 1 aromatic carbocycles. The van der Waals surface area contributed by atoms with E-state index in [4.69, 9.17) is 11.6 Å². The third-order valence-corrected chi connectivity index (χ3v) is 3.40. The molecule has 1 atom stereocenters. The topological polar surface area (TPSA) is 104 Å². The van der Waals surface area contributed by atoms with Crippen LogP contribution in [0.3, 0.4) is 0 Å². The molecule has 1 aromatic heterocycles. The van der Waals surface area contributed by atoms with Crippen LogP contribution in [0, 0.1) is 0 Å². The number of carbonyl (C=O) groups is 2. The fourth-order valence-electron chi connectivity index (χ4n) is 1.92. The second kappa shape index (κ2) is 6.48. The number of amides is 1. The molecule has 7 nitrogen and oxygen atoms in total. The Morgan fingerprint density at radius 1 is 1.36 bits per heavy atom. The molecular formula is C14H14ClN3O4. The number of hydrogen-bond donors (Lipinski definition) is 3. The van der Waals surface area contributed by atoms with Crippen molar-refractivity contribution in [2.24, 2.45) is 7.05 Å². The fraction of sp³-hybridized carbons (Fsp3) is 0.214. The van der Waals surface area contributed by atoms with Crippen LogP contribution in [-0.4, -0.2) is 32.8 Å². The number of H-pyrrole nitrogens is 1. The lowest BCUT2D eigenvalue weighted by Crippen LogP contribution is -2.43. The van der Waals surface area contributed by atoms with Crippen molar-refractivity contribution in [3.8, 4) is 0 Å². The number of nitrogens with one attached hydrogen (secondary N) is 2. The first-order valence-corrected chi connectivity index (χ1v) is 6.79. The summed E-state index contributed by atoms with van der Waals surface area (Å²) in [4.78, 5) is 35.1. The standard InChI is InChI=1S/C14H14ClN3O4/c1-18-13(20)9(7-16-18)6-11(14(21)22)17-12(19)8-2-4-10(15)5-3-8/h2-5,7,11,16H,6H2,1H3,(H,17,19)(H,21,22)/t11-/m1/s1. The van der Waals surface area contributed by atoms with Crippen LogP contribution >= 0.6 is 11.6 Å². The van der Waals surface area contributed by atoms with Gasteiger partial charge >= 0.3 is 5.97 Å². The first-order chi connectivity index (χ1) is 10.4. The maximum Gasteiger partial charge on any atom is 0.326 e. The molecular weight excluding hydrogens is 310 g/mol. The predicted octanol–water partition coefficient (Wildman–Crippen LogP) is 0.792. The molecule has 0 saturated carbocycles. The Morgan fingerprint density at radius 3 is 2.50 bits per heavy atom. The molecule has 0 aliphatic heterocycles. The largest absolute Gasteiger partial charge is 0.480 e. The molecule has 3 N–H and O–H groups in total. The van der Waals surface area contributed by atoms with Crippen LogP contribution in [-0.2, 0) is 18.3 Å². The molecule has 0 fully saturated rings.